The summed E-state index contributed by atoms with van der Waals surface area (Å²) in [7, 11) is 0. The molecule has 0 bridgehead atoms. The SMILES string of the molecule is CCCOC1CCCN(Cc2ccnc(NCC)c2)C1. The molecular weight excluding hydrogens is 250 g/mol. The summed E-state index contributed by atoms with van der Waals surface area (Å²) in [6.07, 6.45) is 5.85. The van der Waals surface area contributed by atoms with Gasteiger partial charge in [-0.2, -0.15) is 0 Å². The number of hydrogen-bond acceptors (Lipinski definition) is 4. The first kappa shape index (κ1) is 15.3. The number of anilines is 1. The van der Waals surface area contributed by atoms with E-state index in [4.69, 9.17) is 4.74 Å². The van der Waals surface area contributed by atoms with E-state index in [0.29, 0.717) is 6.10 Å². The van der Waals surface area contributed by atoms with Crippen molar-refractivity contribution in [2.24, 2.45) is 0 Å². The van der Waals surface area contributed by atoms with E-state index in [2.05, 4.69) is 41.2 Å². The van der Waals surface area contributed by atoms with Gasteiger partial charge in [-0.25, -0.2) is 4.98 Å². The Kier molecular flexibility index (Phi) is 6.27. The summed E-state index contributed by atoms with van der Waals surface area (Å²) in [6, 6.07) is 4.26. The zero-order valence-electron chi connectivity index (χ0n) is 12.8. The van der Waals surface area contributed by atoms with Crippen LogP contribution in [0.2, 0.25) is 0 Å². The fourth-order valence-electron chi connectivity index (χ4n) is 2.69. The number of likely N-dealkylation sites (tertiary alicyclic amines) is 1. The first-order valence-electron chi connectivity index (χ1n) is 7.84. The molecule has 1 unspecified atom stereocenters. The van der Waals surface area contributed by atoms with E-state index in [1.165, 1.54) is 24.9 Å². The molecule has 0 spiro atoms. The molecule has 112 valence electrons. The van der Waals surface area contributed by atoms with E-state index in [-0.39, 0.29) is 0 Å². The minimum absolute atomic E-state index is 0.416. The number of aromatic nitrogens is 1. The van der Waals surface area contributed by atoms with Crippen LogP contribution < -0.4 is 5.32 Å². The number of rotatable bonds is 7. The Bertz CT molecular complexity index is 397. The summed E-state index contributed by atoms with van der Waals surface area (Å²) in [5.41, 5.74) is 1.33. The highest BCUT2D eigenvalue weighted by Gasteiger charge is 2.20. The smallest absolute Gasteiger partial charge is 0.126 e. The molecule has 0 radical (unpaired) electrons. The van der Waals surface area contributed by atoms with Crippen molar-refractivity contribution in [3.63, 3.8) is 0 Å². The van der Waals surface area contributed by atoms with Gasteiger partial charge in [-0.3, -0.25) is 4.90 Å². The van der Waals surface area contributed by atoms with Crippen LogP contribution in [0.5, 0.6) is 0 Å². The van der Waals surface area contributed by atoms with Crippen LogP contribution >= 0.6 is 0 Å². The van der Waals surface area contributed by atoms with Gasteiger partial charge >= 0.3 is 0 Å². The Morgan fingerprint density at radius 3 is 3.15 bits per heavy atom. The van der Waals surface area contributed by atoms with Gasteiger partial charge in [0.15, 0.2) is 0 Å². The third-order valence-electron chi connectivity index (χ3n) is 3.61. The standard InChI is InChI=1S/C16H27N3O/c1-3-10-20-15-6-5-9-19(13-15)12-14-7-8-18-16(11-14)17-4-2/h7-8,11,15H,3-6,9-10,12-13H2,1-2H3,(H,17,18). The van der Waals surface area contributed by atoms with E-state index in [0.717, 1.165) is 38.5 Å². The monoisotopic (exact) mass is 277 g/mol. The summed E-state index contributed by atoms with van der Waals surface area (Å²) < 4.78 is 5.90. The lowest BCUT2D eigenvalue weighted by atomic mass is 10.1. The number of hydrogen-bond donors (Lipinski definition) is 1. The van der Waals surface area contributed by atoms with Crippen molar-refractivity contribution in [3.05, 3.63) is 23.9 Å². The van der Waals surface area contributed by atoms with Gasteiger partial charge in [-0.15, -0.1) is 0 Å². The van der Waals surface area contributed by atoms with Gasteiger partial charge in [0.1, 0.15) is 5.82 Å². The number of nitrogens with zero attached hydrogens (tertiary/aromatic N) is 2. The highest BCUT2D eigenvalue weighted by Crippen LogP contribution is 2.17. The van der Waals surface area contributed by atoms with Crippen LogP contribution in [-0.2, 0) is 11.3 Å². The predicted octanol–water partition coefficient (Wildman–Crippen LogP) is 2.90. The molecule has 0 amide bonds. The van der Waals surface area contributed by atoms with E-state index < -0.39 is 0 Å². The van der Waals surface area contributed by atoms with E-state index >= 15 is 0 Å². The maximum absolute atomic E-state index is 5.90. The topological polar surface area (TPSA) is 37.4 Å². The van der Waals surface area contributed by atoms with Crippen molar-refractivity contribution in [2.75, 3.05) is 31.6 Å². The Hall–Kier alpha value is -1.13. The molecule has 1 N–H and O–H groups in total. The maximum Gasteiger partial charge on any atom is 0.126 e. The Morgan fingerprint density at radius 2 is 2.35 bits per heavy atom. The summed E-state index contributed by atoms with van der Waals surface area (Å²) in [5.74, 6) is 0.973. The van der Waals surface area contributed by atoms with Crippen LogP contribution in [0, 0.1) is 0 Å². The molecule has 2 heterocycles. The van der Waals surface area contributed by atoms with Crippen LogP contribution in [0.3, 0.4) is 0 Å². The van der Waals surface area contributed by atoms with Crippen LogP contribution in [0.1, 0.15) is 38.7 Å². The van der Waals surface area contributed by atoms with Crippen LogP contribution in [0.4, 0.5) is 5.82 Å². The molecule has 0 aromatic carbocycles. The lowest BCUT2D eigenvalue weighted by Gasteiger charge is -2.32. The number of ether oxygens (including phenoxy) is 1. The molecule has 2 rings (SSSR count). The fourth-order valence-corrected chi connectivity index (χ4v) is 2.69. The Labute approximate surface area is 122 Å². The maximum atomic E-state index is 5.90. The number of piperidine rings is 1. The molecule has 20 heavy (non-hydrogen) atoms. The third-order valence-corrected chi connectivity index (χ3v) is 3.61. The zero-order valence-corrected chi connectivity index (χ0v) is 12.8. The average molecular weight is 277 g/mol. The van der Waals surface area contributed by atoms with Crippen LogP contribution in [-0.4, -0.2) is 42.2 Å². The van der Waals surface area contributed by atoms with Crippen molar-refractivity contribution >= 4 is 5.82 Å². The zero-order chi connectivity index (χ0) is 14.2. The van der Waals surface area contributed by atoms with E-state index in [9.17, 15) is 0 Å². The summed E-state index contributed by atoms with van der Waals surface area (Å²) >= 11 is 0. The lowest BCUT2D eigenvalue weighted by Crippen LogP contribution is -2.39. The molecule has 0 aliphatic carbocycles. The second-order valence-electron chi connectivity index (χ2n) is 5.45. The van der Waals surface area contributed by atoms with Crippen molar-refractivity contribution in [1.82, 2.24) is 9.88 Å². The molecular formula is C16H27N3O. The minimum Gasteiger partial charge on any atom is -0.377 e. The van der Waals surface area contributed by atoms with Gasteiger partial charge in [-0.1, -0.05) is 6.92 Å². The molecule has 1 fully saturated rings. The summed E-state index contributed by atoms with van der Waals surface area (Å²) in [4.78, 5) is 6.82. The summed E-state index contributed by atoms with van der Waals surface area (Å²) in [5, 5.41) is 3.27. The molecule has 1 aromatic heterocycles. The van der Waals surface area contributed by atoms with Crippen molar-refractivity contribution < 1.29 is 4.74 Å². The van der Waals surface area contributed by atoms with Crippen molar-refractivity contribution in [3.8, 4) is 0 Å². The predicted molar refractivity (Wildman–Crippen MR) is 82.9 cm³/mol. The molecule has 4 heteroatoms. The van der Waals surface area contributed by atoms with E-state index in [1.54, 1.807) is 0 Å². The molecule has 1 atom stereocenters. The summed E-state index contributed by atoms with van der Waals surface area (Å²) in [6.45, 7) is 9.27. The molecule has 1 aromatic rings. The van der Waals surface area contributed by atoms with Crippen LogP contribution in [0.15, 0.2) is 18.3 Å². The largest absolute Gasteiger partial charge is 0.377 e. The lowest BCUT2D eigenvalue weighted by molar-refractivity contribution is -0.00222. The fraction of sp³-hybridized carbons (Fsp3) is 0.688. The molecule has 4 nitrogen and oxygen atoms in total. The van der Waals surface area contributed by atoms with Crippen molar-refractivity contribution in [2.45, 2.75) is 45.8 Å². The normalized spacial score (nSPS) is 20.0. The molecule has 1 aliphatic rings. The Balaban J connectivity index is 1.87. The van der Waals surface area contributed by atoms with Gasteiger partial charge in [0.2, 0.25) is 0 Å². The second-order valence-corrected chi connectivity index (χ2v) is 5.45. The highest BCUT2D eigenvalue weighted by molar-refractivity contribution is 5.37. The second kappa shape index (κ2) is 8.22. The highest BCUT2D eigenvalue weighted by atomic mass is 16.5. The minimum atomic E-state index is 0.416. The van der Waals surface area contributed by atoms with Crippen molar-refractivity contribution in [1.29, 1.82) is 0 Å². The Morgan fingerprint density at radius 1 is 1.45 bits per heavy atom. The molecule has 1 saturated heterocycles. The van der Waals surface area contributed by atoms with Gasteiger partial charge in [0.25, 0.3) is 0 Å². The average Bonchev–Trinajstić information content (AvgIpc) is 2.46. The van der Waals surface area contributed by atoms with E-state index in [1.807, 2.05) is 6.20 Å². The van der Waals surface area contributed by atoms with Gasteiger partial charge in [0.05, 0.1) is 6.10 Å². The first-order valence-corrected chi connectivity index (χ1v) is 7.84. The number of nitrogens with one attached hydrogen (secondary N) is 1. The van der Waals surface area contributed by atoms with Gasteiger partial charge in [0, 0.05) is 32.4 Å². The number of pyridine rings is 1. The van der Waals surface area contributed by atoms with Gasteiger partial charge in [-0.05, 0) is 50.4 Å². The first-order chi connectivity index (χ1) is 9.81. The van der Waals surface area contributed by atoms with Crippen LogP contribution in [0.25, 0.3) is 0 Å². The quantitative estimate of drug-likeness (QED) is 0.831. The molecule has 0 saturated carbocycles. The third kappa shape index (κ3) is 4.76. The van der Waals surface area contributed by atoms with Gasteiger partial charge < -0.3 is 10.1 Å². The molecule has 1 aliphatic heterocycles.